The number of carbonyl (C=O) groups excluding carboxylic acids is 1. The van der Waals surface area contributed by atoms with Crippen LogP contribution in [0.1, 0.15) is 26.3 Å². The molecule has 1 atom stereocenters. The zero-order chi connectivity index (χ0) is 15.3. The lowest BCUT2D eigenvalue weighted by molar-refractivity contribution is 0.0505. The molecule has 112 valence electrons. The molecule has 0 aliphatic carbocycles. The topological polar surface area (TPSA) is 77.2 Å². The average Bonchev–Trinajstić information content (AvgIpc) is 2.30. The van der Waals surface area contributed by atoms with Gasteiger partial charge in [-0.2, -0.15) is 4.39 Å². The van der Waals surface area contributed by atoms with Crippen molar-refractivity contribution in [3.63, 3.8) is 0 Å². The number of alkyl carbamates (subject to hydrolysis) is 1. The number of halogens is 2. The van der Waals surface area contributed by atoms with Crippen LogP contribution in [-0.2, 0) is 11.2 Å². The number of rotatable bonds is 4. The van der Waals surface area contributed by atoms with Crippen molar-refractivity contribution in [3.8, 4) is 0 Å². The van der Waals surface area contributed by atoms with Crippen LogP contribution in [0.4, 0.5) is 9.18 Å². The van der Waals surface area contributed by atoms with Crippen LogP contribution in [0.15, 0.2) is 12.3 Å². The number of hydrogen-bond donors (Lipinski definition) is 2. The second-order valence-electron chi connectivity index (χ2n) is 5.35. The minimum absolute atomic E-state index is 0.129. The third-order valence-corrected chi connectivity index (χ3v) is 2.76. The minimum Gasteiger partial charge on any atom is -0.444 e. The molecule has 20 heavy (non-hydrogen) atoms. The van der Waals surface area contributed by atoms with Crippen LogP contribution in [0.2, 0.25) is 5.02 Å². The summed E-state index contributed by atoms with van der Waals surface area (Å²) in [6.45, 7) is 5.38. The van der Waals surface area contributed by atoms with Crippen LogP contribution in [0.3, 0.4) is 0 Å². The molecule has 5 nitrogen and oxygen atoms in total. The van der Waals surface area contributed by atoms with Crippen LogP contribution in [-0.4, -0.2) is 29.3 Å². The summed E-state index contributed by atoms with van der Waals surface area (Å²) in [7, 11) is 0. The molecule has 3 N–H and O–H groups in total. The fourth-order valence-electron chi connectivity index (χ4n) is 1.54. The molecule has 7 heteroatoms. The fourth-order valence-corrected chi connectivity index (χ4v) is 1.75. The van der Waals surface area contributed by atoms with Crippen LogP contribution in [0.25, 0.3) is 0 Å². The van der Waals surface area contributed by atoms with E-state index in [1.807, 2.05) is 0 Å². The second kappa shape index (κ2) is 6.85. The maximum atomic E-state index is 13.6. The Balaban J connectivity index is 2.71. The number of nitrogens with two attached hydrogens (primary N) is 1. The van der Waals surface area contributed by atoms with Crippen LogP contribution < -0.4 is 11.1 Å². The Bertz CT molecular complexity index is 457. The zero-order valence-corrected chi connectivity index (χ0v) is 12.5. The molecule has 1 heterocycles. The fraction of sp³-hybridized carbons (Fsp3) is 0.538. The highest BCUT2D eigenvalue weighted by molar-refractivity contribution is 6.31. The first kappa shape index (κ1) is 16.7. The summed E-state index contributed by atoms with van der Waals surface area (Å²) in [5, 5.41) is 2.84. The summed E-state index contributed by atoms with van der Waals surface area (Å²) in [6.07, 6.45) is 0.821. The summed E-state index contributed by atoms with van der Waals surface area (Å²) in [4.78, 5) is 15.2. The number of nitrogens with one attached hydrogen (secondary N) is 1. The van der Waals surface area contributed by atoms with Crippen molar-refractivity contribution in [1.29, 1.82) is 0 Å². The van der Waals surface area contributed by atoms with E-state index in [4.69, 9.17) is 22.1 Å². The molecule has 0 bridgehead atoms. The molecule has 0 saturated carbocycles. The van der Waals surface area contributed by atoms with E-state index >= 15 is 0 Å². The average molecular weight is 304 g/mol. The van der Waals surface area contributed by atoms with Crippen LogP contribution >= 0.6 is 11.6 Å². The van der Waals surface area contributed by atoms with Gasteiger partial charge in [0.2, 0.25) is 5.95 Å². The van der Waals surface area contributed by atoms with Gasteiger partial charge in [-0.05, 0) is 33.3 Å². The maximum Gasteiger partial charge on any atom is 0.407 e. The number of carbonyl (C=O) groups is 1. The van der Waals surface area contributed by atoms with E-state index in [2.05, 4.69) is 10.3 Å². The highest BCUT2D eigenvalue weighted by Crippen LogP contribution is 2.18. The third-order valence-electron chi connectivity index (χ3n) is 2.40. The van der Waals surface area contributed by atoms with Crippen molar-refractivity contribution < 1.29 is 13.9 Å². The molecular weight excluding hydrogens is 285 g/mol. The Labute approximate surface area is 122 Å². The number of ether oxygens (including phenoxy) is 1. The van der Waals surface area contributed by atoms with Crippen molar-refractivity contribution in [2.24, 2.45) is 5.73 Å². The summed E-state index contributed by atoms with van der Waals surface area (Å²) in [6, 6.07) is 1.00. The minimum atomic E-state index is -0.665. The Morgan fingerprint density at radius 3 is 2.75 bits per heavy atom. The summed E-state index contributed by atoms with van der Waals surface area (Å²) < 4.78 is 18.7. The van der Waals surface area contributed by atoms with Crippen molar-refractivity contribution in [3.05, 3.63) is 28.8 Å². The van der Waals surface area contributed by atoms with Crippen molar-refractivity contribution in [2.45, 2.75) is 38.8 Å². The molecule has 0 aliphatic heterocycles. The lowest BCUT2D eigenvalue weighted by atomic mass is 10.1. The van der Waals surface area contributed by atoms with E-state index in [-0.39, 0.29) is 23.6 Å². The molecule has 1 unspecified atom stereocenters. The van der Waals surface area contributed by atoms with Gasteiger partial charge in [-0.3, -0.25) is 0 Å². The molecule has 0 fully saturated rings. The molecule has 1 aromatic rings. The van der Waals surface area contributed by atoms with Gasteiger partial charge in [0.25, 0.3) is 0 Å². The van der Waals surface area contributed by atoms with Crippen molar-refractivity contribution in [1.82, 2.24) is 10.3 Å². The highest BCUT2D eigenvalue weighted by Gasteiger charge is 2.21. The molecule has 0 aliphatic rings. The summed E-state index contributed by atoms with van der Waals surface area (Å²) in [5.41, 5.74) is 5.19. The molecule has 1 aromatic heterocycles. The number of nitrogens with zero attached hydrogens (tertiary/aromatic N) is 1. The van der Waals surface area contributed by atoms with Gasteiger partial charge in [0.15, 0.2) is 0 Å². The van der Waals surface area contributed by atoms with Gasteiger partial charge in [-0.25, -0.2) is 9.78 Å². The van der Waals surface area contributed by atoms with Gasteiger partial charge in [-0.15, -0.1) is 0 Å². The third kappa shape index (κ3) is 5.30. The largest absolute Gasteiger partial charge is 0.444 e. The highest BCUT2D eigenvalue weighted by atomic mass is 35.5. The predicted octanol–water partition coefficient (Wildman–Crippen LogP) is 2.27. The van der Waals surface area contributed by atoms with Crippen LogP contribution in [0, 0.1) is 5.95 Å². The Morgan fingerprint density at radius 1 is 1.60 bits per heavy atom. The van der Waals surface area contributed by atoms with Crippen molar-refractivity contribution >= 4 is 17.7 Å². The maximum absolute atomic E-state index is 13.6. The van der Waals surface area contributed by atoms with E-state index < -0.39 is 23.7 Å². The van der Waals surface area contributed by atoms with Gasteiger partial charge in [0.05, 0.1) is 0 Å². The first-order valence-corrected chi connectivity index (χ1v) is 6.59. The Hall–Kier alpha value is -1.40. The molecular formula is C13H19ClFN3O2. The first-order chi connectivity index (χ1) is 9.23. The zero-order valence-electron chi connectivity index (χ0n) is 11.7. The van der Waals surface area contributed by atoms with Gasteiger partial charge in [0.1, 0.15) is 5.60 Å². The quantitative estimate of drug-likeness (QED) is 0.837. The number of aromatic nitrogens is 1. The van der Waals surface area contributed by atoms with E-state index in [0.29, 0.717) is 0 Å². The summed E-state index contributed by atoms with van der Waals surface area (Å²) in [5.74, 6) is -0.665. The van der Waals surface area contributed by atoms with Gasteiger partial charge in [-0.1, -0.05) is 11.6 Å². The SMILES string of the molecule is CC(C)(C)OC(=O)NC(CN)Cc1c(Cl)ccnc1F. The smallest absolute Gasteiger partial charge is 0.407 e. The molecule has 1 amide bonds. The summed E-state index contributed by atoms with van der Waals surface area (Å²) >= 11 is 5.91. The Morgan fingerprint density at radius 2 is 2.25 bits per heavy atom. The van der Waals surface area contributed by atoms with E-state index in [1.165, 1.54) is 12.3 Å². The van der Waals surface area contributed by atoms with Gasteiger partial charge in [0, 0.05) is 29.4 Å². The lowest BCUT2D eigenvalue weighted by Gasteiger charge is -2.23. The van der Waals surface area contributed by atoms with Crippen LogP contribution in [0.5, 0.6) is 0 Å². The molecule has 0 saturated heterocycles. The normalized spacial score (nSPS) is 12.9. The monoisotopic (exact) mass is 303 g/mol. The molecule has 0 spiro atoms. The Kier molecular flexibility index (Phi) is 5.71. The van der Waals surface area contributed by atoms with Gasteiger partial charge < -0.3 is 15.8 Å². The molecule has 0 radical (unpaired) electrons. The van der Waals surface area contributed by atoms with E-state index in [1.54, 1.807) is 20.8 Å². The molecule has 0 aromatic carbocycles. The van der Waals surface area contributed by atoms with Gasteiger partial charge >= 0.3 is 6.09 Å². The lowest BCUT2D eigenvalue weighted by Crippen LogP contribution is -2.44. The van der Waals surface area contributed by atoms with E-state index in [9.17, 15) is 9.18 Å². The predicted molar refractivity (Wildman–Crippen MR) is 75.1 cm³/mol. The second-order valence-corrected chi connectivity index (χ2v) is 5.75. The first-order valence-electron chi connectivity index (χ1n) is 6.21. The number of pyridine rings is 1. The molecule has 1 rings (SSSR count). The van der Waals surface area contributed by atoms with E-state index in [0.717, 1.165) is 0 Å². The standard InChI is InChI=1S/C13H19ClFN3O2/c1-13(2,3)20-12(19)18-8(7-16)6-9-10(14)4-5-17-11(9)15/h4-5,8H,6-7,16H2,1-3H3,(H,18,19). The van der Waals surface area contributed by atoms with Crippen molar-refractivity contribution in [2.75, 3.05) is 6.54 Å². The number of hydrogen-bond acceptors (Lipinski definition) is 4. The number of amides is 1.